The van der Waals surface area contributed by atoms with E-state index in [-0.39, 0.29) is 0 Å². The summed E-state index contributed by atoms with van der Waals surface area (Å²) in [4.78, 5) is 2.36. The lowest BCUT2D eigenvalue weighted by Crippen LogP contribution is -2.10. The number of benzene rings is 12. The summed E-state index contributed by atoms with van der Waals surface area (Å²) in [5.41, 5.74) is 22.5. The lowest BCUT2D eigenvalue weighted by molar-refractivity contribution is 0.670. The van der Waals surface area contributed by atoms with Crippen molar-refractivity contribution in [2.75, 3.05) is 4.90 Å². The average Bonchev–Trinajstić information content (AvgIpc) is 4.05. The number of rotatable bonds is 10. The summed E-state index contributed by atoms with van der Waals surface area (Å²) in [5.74, 6) is 0. The van der Waals surface area contributed by atoms with E-state index in [0.29, 0.717) is 0 Å². The zero-order chi connectivity index (χ0) is 49.7. The number of hydrogen-bond acceptors (Lipinski definition) is 2. The first-order chi connectivity index (χ1) is 37.2. The monoisotopic (exact) mass is 956 g/mol. The molecule has 2 aromatic heterocycles. The molecule has 0 atom stereocenters. The number of para-hydroxylation sites is 4. The first-order valence-electron chi connectivity index (χ1n) is 25.7. The molecule has 14 aromatic rings. The van der Waals surface area contributed by atoms with Gasteiger partial charge < -0.3 is 13.9 Å². The van der Waals surface area contributed by atoms with Gasteiger partial charge in [0.25, 0.3) is 0 Å². The molecule has 0 amide bonds. The maximum Gasteiger partial charge on any atom is 0.143 e. The van der Waals surface area contributed by atoms with Gasteiger partial charge in [-0.05, 0) is 128 Å². The summed E-state index contributed by atoms with van der Waals surface area (Å²) in [6.07, 6.45) is 0. The topological polar surface area (TPSA) is 21.3 Å². The molecule has 352 valence electrons. The van der Waals surface area contributed by atoms with Gasteiger partial charge in [0.15, 0.2) is 0 Å². The Morgan fingerprint density at radius 3 is 1.27 bits per heavy atom. The van der Waals surface area contributed by atoms with E-state index in [2.05, 4.69) is 289 Å². The Morgan fingerprint density at radius 2 is 0.667 bits per heavy atom. The molecule has 0 aliphatic rings. The van der Waals surface area contributed by atoms with Crippen LogP contribution in [0.3, 0.4) is 0 Å². The first-order valence-corrected chi connectivity index (χ1v) is 25.7. The molecule has 0 N–H and O–H groups in total. The van der Waals surface area contributed by atoms with Crippen molar-refractivity contribution in [3.05, 3.63) is 291 Å². The zero-order valence-corrected chi connectivity index (χ0v) is 41.0. The van der Waals surface area contributed by atoms with Gasteiger partial charge in [0.2, 0.25) is 0 Å². The summed E-state index contributed by atoms with van der Waals surface area (Å²) in [6, 6.07) is 105. The maximum absolute atomic E-state index is 6.57. The van der Waals surface area contributed by atoms with Crippen LogP contribution in [0.15, 0.2) is 296 Å². The predicted octanol–water partition coefficient (Wildman–Crippen LogP) is 20.2. The van der Waals surface area contributed by atoms with Crippen LogP contribution in [0.2, 0.25) is 0 Å². The molecule has 12 aromatic carbocycles. The van der Waals surface area contributed by atoms with Crippen LogP contribution in [0.1, 0.15) is 0 Å². The zero-order valence-electron chi connectivity index (χ0n) is 41.0. The van der Waals surface area contributed by atoms with Gasteiger partial charge in [-0.2, -0.15) is 0 Å². The Hall–Kier alpha value is -9.96. The fourth-order valence-corrected chi connectivity index (χ4v) is 11.3. The highest BCUT2D eigenvalue weighted by Crippen LogP contribution is 2.44. The van der Waals surface area contributed by atoms with Crippen LogP contribution in [0.25, 0.3) is 116 Å². The fourth-order valence-electron chi connectivity index (χ4n) is 11.3. The van der Waals surface area contributed by atoms with Gasteiger partial charge in [0.1, 0.15) is 11.2 Å². The molecule has 0 bridgehead atoms. The largest absolute Gasteiger partial charge is 0.455 e. The second-order valence-electron chi connectivity index (χ2n) is 19.2. The van der Waals surface area contributed by atoms with Crippen molar-refractivity contribution in [1.29, 1.82) is 0 Å². The summed E-state index contributed by atoms with van der Waals surface area (Å²) in [7, 11) is 0. The third kappa shape index (κ3) is 7.78. The van der Waals surface area contributed by atoms with Gasteiger partial charge in [-0.25, -0.2) is 0 Å². The maximum atomic E-state index is 6.57. The Balaban J connectivity index is 0.847. The molecule has 0 radical (unpaired) electrons. The highest BCUT2D eigenvalue weighted by atomic mass is 16.3. The van der Waals surface area contributed by atoms with E-state index in [4.69, 9.17) is 4.42 Å². The molecule has 2 heterocycles. The minimum atomic E-state index is 0.890. The molecular formula is C72H48N2O. The molecule has 0 saturated heterocycles. The first kappa shape index (κ1) is 43.8. The van der Waals surface area contributed by atoms with Gasteiger partial charge in [-0.1, -0.05) is 224 Å². The minimum absolute atomic E-state index is 0.890. The number of aromatic nitrogens is 1. The van der Waals surface area contributed by atoms with Gasteiger partial charge in [0.05, 0.1) is 11.0 Å². The average molecular weight is 957 g/mol. The van der Waals surface area contributed by atoms with E-state index in [1.807, 2.05) is 12.1 Å². The third-order valence-corrected chi connectivity index (χ3v) is 14.9. The highest BCUT2D eigenvalue weighted by molar-refractivity contribution is 6.10. The lowest BCUT2D eigenvalue weighted by atomic mass is 9.87. The Morgan fingerprint density at radius 1 is 0.253 bits per heavy atom. The van der Waals surface area contributed by atoms with Crippen LogP contribution in [-0.4, -0.2) is 4.57 Å². The van der Waals surface area contributed by atoms with Crippen LogP contribution < -0.4 is 4.90 Å². The van der Waals surface area contributed by atoms with Crippen LogP contribution in [-0.2, 0) is 0 Å². The Labute approximate surface area is 436 Å². The van der Waals surface area contributed by atoms with E-state index in [1.165, 1.54) is 60.8 Å². The highest BCUT2D eigenvalue weighted by Gasteiger charge is 2.20. The second kappa shape index (κ2) is 18.6. The predicted molar refractivity (Wildman–Crippen MR) is 315 cm³/mol. The van der Waals surface area contributed by atoms with E-state index >= 15 is 0 Å². The van der Waals surface area contributed by atoms with Crippen molar-refractivity contribution in [1.82, 2.24) is 4.57 Å². The number of fused-ring (bicyclic) bond motifs is 6. The summed E-state index contributed by atoms with van der Waals surface area (Å²) in [6.45, 7) is 0. The van der Waals surface area contributed by atoms with Gasteiger partial charge in [0, 0.05) is 49.9 Å². The van der Waals surface area contributed by atoms with Crippen molar-refractivity contribution < 1.29 is 4.42 Å². The summed E-state index contributed by atoms with van der Waals surface area (Å²) >= 11 is 0. The van der Waals surface area contributed by atoms with Crippen LogP contribution in [0.4, 0.5) is 17.1 Å². The van der Waals surface area contributed by atoms with Gasteiger partial charge >= 0.3 is 0 Å². The van der Waals surface area contributed by atoms with Gasteiger partial charge in [-0.15, -0.1) is 0 Å². The van der Waals surface area contributed by atoms with Gasteiger partial charge in [-0.3, -0.25) is 0 Å². The van der Waals surface area contributed by atoms with E-state index in [1.54, 1.807) is 0 Å². The molecule has 75 heavy (non-hydrogen) atoms. The molecule has 0 fully saturated rings. The SMILES string of the molecule is c1ccc(-c2ccccc2-c2ccccc2-c2ccccc2-c2ccc(N(c3ccc(-c4ccc(-n5c6ccccc6c6ccccc65)cc4)cc3)c3cccc(-c4cccc5c4oc4ccccc45)c3)cc2)cc1. The standard InChI is InChI=1S/C72H48N2O/c1-2-18-51(19-3-1)58-22-4-6-24-61(58)63-26-8-9-27-64(63)62-25-7-5-23-59(62)52-40-46-55(47-41-52)73(57-21-16-20-53(48-57)60-31-17-32-68-67-30-12-15-35-71(67)75-72(60)68)54-42-36-49(37-43-54)50-38-44-56(45-39-50)74-69-33-13-10-28-65(69)66-29-11-14-34-70(66)74/h1-48H. The van der Waals surface area contributed by atoms with Crippen LogP contribution >= 0.6 is 0 Å². The fraction of sp³-hybridized carbons (Fsp3) is 0. The molecular weight excluding hydrogens is 909 g/mol. The van der Waals surface area contributed by atoms with Crippen molar-refractivity contribution in [2.45, 2.75) is 0 Å². The molecule has 14 rings (SSSR count). The van der Waals surface area contributed by atoms with Crippen LogP contribution in [0.5, 0.6) is 0 Å². The quantitative estimate of drug-likeness (QED) is 0.136. The van der Waals surface area contributed by atoms with E-state index in [0.717, 1.165) is 72.5 Å². The number of hydrogen-bond donors (Lipinski definition) is 0. The normalized spacial score (nSPS) is 11.5. The number of nitrogens with zero attached hydrogens (tertiary/aromatic N) is 2. The summed E-state index contributed by atoms with van der Waals surface area (Å²) < 4.78 is 8.94. The number of anilines is 3. The Kier molecular flexibility index (Phi) is 10.8. The lowest BCUT2D eigenvalue weighted by Gasteiger charge is -2.26. The van der Waals surface area contributed by atoms with Crippen molar-refractivity contribution >= 4 is 60.8 Å². The Bertz CT molecular complexity index is 4340. The third-order valence-electron chi connectivity index (χ3n) is 14.9. The summed E-state index contributed by atoms with van der Waals surface area (Å²) in [5, 5.41) is 4.76. The van der Waals surface area contributed by atoms with E-state index < -0.39 is 0 Å². The molecule has 3 heteroatoms. The van der Waals surface area contributed by atoms with E-state index in [9.17, 15) is 0 Å². The number of furan rings is 1. The molecule has 0 aliphatic carbocycles. The van der Waals surface area contributed by atoms with Crippen molar-refractivity contribution in [3.8, 4) is 72.4 Å². The van der Waals surface area contributed by atoms with Crippen molar-refractivity contribution in [3.63, 3.8) is 0 Å². The smallest absolute Gasteiger partial charge is 0.143 e. The molecule has 3 nitrogen and oxygen atoms in total. The van der Waals surface area contributed by atoms with Crippen LogP contribution in [0, 0.1) is 0 Å². The molecule has 0 aliphatic heterocycles. The minimum Gasteiger partial charge on any atom is -0.455 e. The molecule has 0 unspecified atom stereocenters. The second-order valence-corrected chi connectivity index (χ2v) is 19.2. The van der Waals surface area contributed by atoms with Crippen molar-refractivity contribution in [2.24, 2.45) is 0 Å². The molecule has 0 saturated carbocycles. The molecule has 0 spiro atoms.